The highest BCUT2D eigenvalue weighted by atomic mass is 19.1. The highest BCUT2D eigenvalue weighted by molar-refractivity contribution is 5.97. The molecule has 1 aliphatic carbocycles. The van der Waals surface area contributed by atoms with Crippen LogP contribution in [-0.4, -0.2) is 46.0 Å². The fourth-order valence-corrected chi connectivity index (χ4v) is 3.45. The van der Waals surface area contributed by atoms with E-state index in [1.54, 1.807) is 19.1 Å². The van der Waals surface area contributed by atoms with Crippen LogP contribution in [0.2, 0.25) is 0 Å². The summed E-state index contributed by atoms with van der Waals surface area (Å²) in [4.78, 5) is 24.4. The minimum Gasteiger partial charge on any atom is -0.479 e. The number of nitrogens with zero attached hydrogens (tertiary/aromatic N) is 2. The summed E-state index contributed by atoms with van der Waals surface area (Å²) in [5, 5.41) is 16.3. The van der Waals surface area contributed by atoms with Crippen molar-refractivity contribution in [2.45, 2.75) is 38.6 Å². The van der Waals surface area contributed by atoms with Crippen molar-refractivity contribution >= 4 is 11.9 Å². The summed E-state index contributed by atoms with van der Waals surface area (Å²) in [7, 11) is 1.36. The smallest absolute Gasteiger partial charge is 0.331 e. The molecule has 0 radical (unpaired) electrons. The van der Waals surface area contributed by atoms with E-state index in [4.69, 9.17) is 4.74 Å². The van der Waals surface area contributed by atoms with Crippen molar-refractivity contribution in [2.75, 3.05) is 13.7 Å². The van der Waals surface area contributed by atoms with Crippen LogP contribution in [0.25, 0.3) is 5.69 Å². The second-order valence-electron chi connectivity index (χ2n) is 6.97. The summed E-state index contributed by atoms with van der Waals surface area (Å²) < 4.78 is 20.9. The summed E-state index contributed by atoms with van der Waals surface area (Å²) in [5.74, 6) is -2.24. The van der Waals surface area contributed by atoms with Crippen molar-refractivity contribution < 1.29 is 23.8 Å². The van der Waals surface area contributed by atoms with Crippen LogP contribution in [0.5, 0.6) is 0 Å². The number of hydrogen-bond donors (Lipinski definition) is 2. The topological polar surface area (TPSA) is 93.5 Å². The van der Waals surface area contributed by atoms with E-state index < -0.39 is 23.2 Å². The zero-order valence-corrected chi connectivity index (χ0v) is 15.5. The number of rotatable bonds is 6. The number of halogens is 1. The average Bonchev–Trinajstić information content (AvgIpc) is 3.18. The molecule has 0 fully saturated rings. The minimum absolute atomic E-state index is 0.133. The number of hydrogen-bond acceptors (Lipinski definition) is 4. The SMILES string of the molecule is COCC(C)(NC(=O)c1nn(-c2c(C)cccc2F)c2c1CCC2)C(=O)O. The van der Waals surface area contributed by atoms with Crippen molar-refractivity contribution in [2.24, 2.45) is 0 Å². The number of carboxylic acid groups (broad SMARTS) is 1. The molecule has 1 aromatic heterocycles. The first-order chi connectivity index (χ1) is 12.8. The van der Waals surface area contributed by atoms with Gasteiger partial charge in [0.05, 0.1) is 6.61 Å². The van der Waals surface area contributed by atoms with E-state index in [2.05, 4.69) is 10.4 Å². The number of para-hydroxylation sites is 1. The number of ether oxygens (including phenoxy) is 1. The lowest BCUT2D eigenvalue weighted by Gasteiger charge is -2.24. The van der Waals surface area contributed by atoms with Gasteiger partial charge in [-0.2, -0.15) is 5.10 Å². The number of carboxylic acids is 1. The Kier molecular flexibility index (Phi) is 5.01. The fourth-order valence-electron chi connectivity index (χ4n) is 3.45. The number of aromatic nitrogens is 2. The largest absolute Gasteiger partial charge is 0.479 e. The summed E-state index contributed by atoms with van der Waals surface area (Å²) in [6.07, 6.45) is 2.15. The predicted octanol–water partition coefficient (Wildman–Crippen LogP) is 2.03. The van der Waals surface area contributed by atoms with Crippen molar-refractivity contribution in [3.8, 4) is 5.69 Å². The number of carbonyl (C=O) groups is 2. The molecule has 0 bridgehead atoms. The van der Waals surface area contributed by atoms with Crippen molar-refractivity contribution in [3.05, 3.63) is 46.5 Å². The Bertz CT molecular complexity index is 888. The molecule has 1 amide bonds. The fraction of sp³-hybridized carbons (Fsp3) is 0.421. The maximum absolute atomic E-state index is 14.4. The van der Waals surface area contributed by atoms with Crippen LogP contribution in [0, 0.1) is 12.7 Å². The quantitative estimate of drug-likeness (QED) is 0.806. The summed E-state index contributed by atoms with van der Waals surface area (Å²) in [5.41, 5.74) is 1.09. The molecule has 27 heavy (non-hydrogen) atoms. The van der Waals surface area contributed by atoms with Crippen LogP contribution in [0.3, 0.4) is 0 Å². The van der Waals surface area contributed by atoms with Gasteiger partial charge < -0.3 is 15.2 Å². The first kappa shape index (κ1) is 19.0. The molecule has 0 aliphatic heterocycles. The number of aryl methyl sites for hydroxylation is 1. The molecule has 144 valence electrons. The molecular formula is C19H22FN3O4. The number of nitrogens with one attached hydrogen (secondary N) is 1. The van der Waals surface area contributed by atoms with Gasteiger partial charge in [-0.15, -0.1) is 0 Å². The van der Waals surface area contributed by atoms with Crippen LogP contribution < -0.4 is 5.32 Å². The Hall–Kier alpha value is -2.74. The molecule has 7 nitrogen and oxygen atoms in total. The van der Waals surface area contributed by atoms with Crippen LogP contribution in [0.1, 0.15) is 40.7 Å². The van der Waals surface area contributed by atoms with Crippen molar-refractivity contribution in [1.82, 2.24) is 15.1 Å². The van der Waals surface area contributed by atoms with E-state index in [0.717, 1.165) is 17.7 Å². The van der Waals surface area contributed by atoms with Crippen LogP contribution in [-0.2, 0) is 22.4 Å². The lowest BCUT2D eigenvalue weighted by atomic mass is 10.0. The number of methoxy groups -OCH3 is 1. The van der Waals surface area contributed by atoms with Crippen molar-refractivity contribution in [3.63, 3.8) is 0 Å². The van der Waals surface area contributed by atoms with Crippen LogP contribution in [0.4, 0.5) is 4.39 Å². The van der Waals surface area contributed by atoms with Gasteiger partial charge in [0.1, 0.15) is 11.5 Å². The molecule has 8 heteroatoms. The normalized spacial score (nSPS) is 15.3. The predicted molar refractivity (Wildman–Crippen MR) is 95.7 cm³/mol. The van der Waals surface area contributed by atoms with Crippen molar-refractivity contribution in [1.29, 1.82) is 0 Å². The molecule has 2 N–H and O–H groups in total. The molecule has 1 unspecified atom stereocenters. The highest BCUT2D eigenvalue weighted by Gasteiger charge is 2.37. The zero-order chi connectivity index (χ0) is 19.8. The molecule has 3 rings (SSSR count). The highest BCUT2D eigenvalue weighted by Crippen LogP contribution is 2.30. The Morgan fingerprint density at radius 1 is 1.41 bits per heavy atom. The number of aliphatic carboxylic acids is 1. The maximum atomic E-state index is 14.4. The standard InChI is InChI=1S/C19H22FN3O4/c1-11-6-4-8-13(20)16(11)23-14-9-5-7-12(14)15(22-23)17(24)21-19(2,10-27-3)18(25)26/h4,6,8H,5,7,9-10H2,1-3H3,(H,21,24)(H,25,26). The number of carbonyl (C=O) groups excluding carboxylic acids is 1. The third-order valence-electron chi connectivity index (χ3n) is 4.84. The second-order valence-corrected chi connectivity index (χ2v) is 6.97. The van der Waals surface area contributed by atoms with Gasteiger partial charge in [-0.25, -0.2) is 13.9 Å². The van der Waals surface area contributed by atoms with Gasteiger partial charge >= 0.3 is 5.97 Å². The summed E-state index contributed by atoms with van der Waals surface area (Å²) >= 11 is 0. The molecule has 0 spiro atoms. The van der Waals surface area contributed by atoms with Crippen LogP contribution in [0.15, 0.2) is 18.2 Å². The summed E-state index contributed by atoms with van der Waals surface area (Å²) in [6.45, 7) is 2.96. The van der Waals surface area contributed by atoms with E-state index in [0.29, 0.717) is 24.1 Å². The lowest BCUT2D eigenvalue weighted by molar-refractivity contribution is -0.145. The second kappa shape index (κ2) is 7.11. The monoisotopic (exact) mass is 375 g/mol. The first-order valence-electron chi connectivity index (χ1n) is 8.69. The van der Waals surface area contributed by atoms with Gasteiger partial charge in [-0.1, -0.05) is 12.1 Å². The van der Waals surface area contributed by atoms with E-state index in [9.17, 15) is 19.1 Å². The third-order valence-corrected chi connectivity index (χ3v) is 4.84. The third kappa shape index (κ3) is 3.32. The van der Waals surface area contributed by atoms with Gasteiger partial charge in [-0.05, 0) is 44.7 Å². The summed E-state index contributed by atoms with van der Waals surface area (Å²) in [6, 6.07) is 4.75. The maximum Gasteiger partial charge on any atom is 0.331 e. The molecular weight excluding hydrogens is 353 g/mol. The first-order valence-corrected chi connectivity index (χ1v) is 8.69. The minimum atomic E-state index is -1.59. The Morgan fingerprint density at radius 2 is 2.15 bits per heavy atom. The Morgan fingerprint density at radius 3 is 2.78 bits per heavy atom. The van der Waals surface area contributed by atoms with E-state index in [1.165, 1.54) is 24.8 Å². The van der Waals surface area contributed by atoms with Crippen LogP contribution >= 0.6 is 0 Å². The molecule has 1 heterocycles. The molecule has 2 aromatic rings. The van der Waals surface area contributed by atoms with E-state index in [1.807, 2.05) is 0 Å². The number of fused-ring (bicyclic) bond motifs is 1. The lowest BCUT2D eigenvalue weighted by Crippen LogP contribution is -2.55. The van der Waals surface area contributed by atoms with Gasteiger partial charge in [0.25, 0.3) is 5.91 Å². The Labute approximate surface area is 156 Å². The van der Waals surface area contributed by atoms with E-state index in [-0.39, 0.29) is 12.3 Å². The number of benzene rings is 1. The zero-order valence-electron chi connectivity index (χ0n) is 15.5. The molecule has 1 aromatic carbocycles. The molecule has 0 saturated carbocycles. The van der Waals surface area contributed by atoms with Gasteiger partial charge in [0, 0.05) is 18.4 Å². The van der Waals surface area contributed by atoms with Gasteiger partial charge in [0.15, 0.2) is 11.2 Å². The molecule has 0 saturated heterocycles. The average molecular weight is 375 g/mol. The van der Waals surface area contributed by atoms with Gasteiger partial charge in [0.2, 0.25) is 0 Å². The van der Waals surface area contributed by atoms with E-state index >= 15 is 0 Å². The number of amides is 1. The molecule has 1 atom stereocenters. The molecule has 1 aliphatic rings. The Balaban J connectivity index is 2.03. The van der Waals surface area contributed by atoms with Gasteiger partial charge in [-0.3, -0.25) is 4.79 Å².